The molecule has 2 N–H and O–H groups in total. The van der Waals surface area contributed by atoms with Gasteiger partial charge in [0.15, 0.2) is 0 Å². The number of carbonyl (C=O) groups is 1. The number of nitrogens with zero attached hydrogens (tertiary/aromatic N) is 2. The van der Waals surface area contributed by atoms with Gasteiger partial charge in [-0.05, 0) is 38.8 Å². The smallest absolute Gasteiger partial charge is 0.323 e. The molecule has 1 aliphatic rings. The summed E-state index contributed by atoms with van der Waals surface area (Å²) in [6.07, 6.45) is 1.61. The molecule has 5 nitrogen and oxygen atoms in total. The molecule has 0 radical (unpaired) electrons. The molecule has 1 atom stereocenters. The summed E-state index contributed by atoms with van der Waals surface area (Å²) in [6.45, 7) is 15.7. The van der Waals surface area contributed by atoms with Crippen LogP contribution in [0.4, 0.5) is 0 Å². The average Bonchev–Trinajstić information content (AvgIpc) is 2.40. The fraction of sp³-hybridized carbons (Fsp3) is 0.938. The van der Waals surface area contributed by atoms with Gasteiger partial charge in [-0.15, -0.1) is 0 Å². The summed E-state index contributed by atoms with van der Waals surface area (Å²) >= 11 is 0. The van der Waals surface area contributed by atoms with Crippen LogP contribution in [0, 0.1) is 5.92 Å². The Balaban J connectivity index is 2.26. The lowest BCUT2D eigenvalue weighted by Gasteiger charge is -2.36. The van der Waals surface area contributed by atoms with Gasteiger partial charge in [-0.2, -0.15) is 0 Å². The summed E-state index contributed by atoms with van der Waals surface area (Å²) in [5.41, 5.74) is -0.784. The molecular formula is C16H33N3O2. The summed E-state index contributed by atoms with van der Waals surface area (Å²) in [5.74, 6) is -0.0148. The minimum Gasteiger partial charge on any atom is -0.480 e. The molecule has 1 heterocycles. The van der Waals surface area contributed by atoms with E-state index in [1.807, 2.05) is 6.92 Å². The number of piperazine rings is 1. The second-order valence-corrected chi connectivity index (χ2v) is 6.81. The molecule has 5 heteroatoms. The van der Waals surface area contributed by atoms with E-state index in [9.17, 15) is 9.90 Å². The van der Waals surface area contributed by atoms with Crippen molar-refractivity contribution in [1.29, 1.82) is 0 Å². The van der Waals surface area contributed by atoms with E-state index < -0.39 is 11.5 Å². The first-order chi connectivity index (χ1) is 9.87. The van der Waals surface area contributed by atoms with Gasteiger partial charge in [-0.1, -0.05) is 20.8 Å². The van der Waals surface area contributed by atoms with Gasteiger partial charge in [0.1, 0.15) is 5.54 Å². The van der Waals surface area contributed by atoms with E-state index in [0.29, 0.717) is 13.0 Å². The van der Waals surface area contributed by atoms with E-state index in [-0.39, 0.29) is 0 Å². The van der Waals surface area contributed by atoms with Crippen LogP contribution in [0.2, 0.25) is 0 Å². The van der Waals surface area contributed by atoms with Gasteiger partial charge in [0.2, 0.25) is 0 Å². The second-order valence-electron chi connectivity index (χ2n) is 6.81. The quantitative estimate of drug-likeness (QED) is 0.675. The zero-order chi connectivity index (χ0) is 15.9. The Bertz CT molecular complexity index is 315. The average molecular weight is 299 g/mol. The molecule has 21 heavy (non-hydrogen) atoms. The SMILES string of the molecule is CCNC(C)(CCCN1CCN(CC(C)C)CC1)C(=O)O. The first-order valence-corrected chi connectivity index (χ1v) is 8.30. The molecule has 0 spiro atoms. The van der Waals surface area contributed by atoms with Crippen molar-refractivity contribution in [3.63, 3.8) is 0 Å². The highest BCUT2D eigenvalue weighted by Gasteiger charge is 2.31. The van der Waals surface area contributed by atoms with Gasteiger partial charge < -0.3 is 20.2 Å². The molecule has 1 aliphatic heterocycles. The van der Waals surface area contributed by atoms with E-state index in [2.05, 4.69) is 29.0 Å². The van der Waals surface area contributed by atoms with E-state index >= 15 is 0 Å². The Labute approximate surface area is 129 Å². The lowest BCUT2D eigenvalue weighted by atomic mass is 9.95. The molecule has 0 saturated carbocycles. The van der Waals surface area contributed by atoms with Crippen LogP contribution < -0.4 is 5.32 Å². The summed E-state index contributed by atoms with van der Waals surface area (Å²) in [4.78, 5) is 16.3. The van der Waals surface area contributed by atoms with E-state index in [4.69, 9.17) is 0 Å². The molecule has 1 fully saturated rings. The van der Waals surface area contributed by atoms with Gasteiger partial charge in [0, 0.05) is 32.7 Å². The van der Waals surface area contributed by atoms with Crippen LogP contribution in [0.15, 0.2) is 0 Å². The van der Waals surface area contributed by atoms with Gasteiger partial charge in [-0.25, -0.2) is 0 Å². The molecule has 124 valence electrons. The highest BCUT2D eigenvalue weighted by Crippen LogP contribution is 2.14. The predicted octanol–water partition coefficient (Wildman–Crippen LogP) is 1.49. The fourth-order valence-corrected chi connectivity index (χ4v) is 3.03. The van der Waals surface area contributed by atoms with Crippen molar-refractivity contribution < 1.29 is 9.90 Å². The summed E-state index contributed by atoms with van der Waals surface area (Å²) in [5, 5.41) is 12.4. The molecule has 0 aromatic rings. The highest BCUT2D eigenvalue weighted by atomic mass is 16.4. The number of hydrogen-bond acceptors (Lipinski definition) is 4. The van der Waals surface area contributed by atoms with Crippen molar-refractivity contribution >= 4 is 5.97 Å². The van der Waals surface area contributed by atoms with E-state index in [1.54, 1.807) is 6.92 Å². The Morgan fingerprint density at radius 1 is 1.24 bits per heavy atom. The Hall–Kier alpha value is -0.650. The number of hydrogen-bond donors (Lipinski definition) is 2. The largest absolute Gasteiger partial charge is 0.480 e. The Kier molecular flexibility index (Phi) is 7.63. The standard InChI is InChI=1S/C16H33N3O2/c1-5-17-16(4,15(20)21)7-6-8-18-9-11-19(12-10-18)13-14(2)3/h14,17H,5-13H2,1-4H3,(H,20,21). The van der Waals surface area contributed by atoms with Gasteiger partial charge in [-0.3, -0.25) is 4.79 Å². The zero-order valence-corrected chi connectivity index (χ0v) is 14.2. The van der Waals surface area contributed by atoms with Crippen LogP contribution in [0.1, 0.15) is 40.5 Å². The van der Waals surface area contributed by atoms with Crippen LogP contribution in [-0.4, -0.2) is 72.2 Å². The Morgan fingerprint density at radius 3 is 2.29 bits per heavy atom. The van der Waals surface area contributed by atoms with Crippen LogP contribution in [0.25, 0.3) is 0 Å². The molecule has 1 unspecified atom stereocenters. The van der Waals surface area contributed by atoms with Crippen LogP contribution >= 0.6 is 0 Å². The third-order valence-corrected chi connectivity index (χ3v) is 4.28. The van der Waals surface area contributed by atoms with Crippen LogP contribution in [0.3, 0.4) is 0 Å². The van der Waals surface area contributed by atoms with Crippen LogP contribution in [-0.2, 0) is 4.79 Å². The van der Waals surface area contributed by atoms with Gasteiger partial charge in [0.05, 0.1) is 0 Å². The summed E-state index contributed by atoms with van der Waals surface area (Å²) < 4.78 is 0. The monoisotopic (exact) mass is 299 g/mol. The first kappa shape index (κ1) is 18.4. The Morgan fingerprint density at radius 2 is 1.81 bits per heavy atom. The topological polar surface area (TPSA) is 55.8 Å². The van der Waals surface area contributed by atoms with Crippen molar-refractivity contribution in [2.24, 2.45) is 5.92 Å². The van der Waals surface area contributed by atoms with E-state index in [1.165, 1.54) is 6.54 Å². The summed E-state index contributed by atoms with van der Waals surface area (Å²) in [7, 11) is 0. The molecule has 0 amide bonds. The van der Waals surface area contributed by atoms with Gasteiger partial charge in [0.25, 0.3) is 0 Å². The molecule has 0 aromatic carbocycles. The zero-order valence-electron chi connectivity index (χ0n) is 14.2. The maximum absolute atomic E-state index is 11.4. The maximum Gasteiger partial charge on any atom is 0.323 e. The maximum atomic E-state index is 11.4. The van der Waals surface area contributed by atoms with Crippen LogP contribution in [0.5, 0.6) is 0 Å². The lowest BCUT2D eigenvalue weighted by molar-refractivity contribution is -0.144. The number of nitrogens with one attached hydrogen (secondary N) is 1. The van der Waals surface area contributed by atoms with Gasteiger partial charge >= 0.3 is 5.97 Å². The van der Waals surface area contributed by atoms with Crippen molar-refractivity contribution in [1.82, 2.24) is 15.1 Å². The normalized spacial score (nSPS) is 20.6. The lowest BCUT2D eigenvalue weighted by Crippen LogP contribution is -2.50. The number of likely N-dealkylation sites (N-methyl/N-ethyl adjacent to an activating group) is 1. The first-order valence-electron chi connectivity index (χ1n) is 8.30. The third-order valence-electron chi connectivity index (χ3n) is 4.28. The molecule has 0 bridgehead atoms. The highest BCUT2D eigenvalue weighted by molar-refractivity contribution is 5.78. The number of aliphatic carboxylic acids is 1. The minimum atomic E-state index is -0.784. The molecule has 0 aromatic heterocycles. The summed E-state index contributed by atoms with van der Waals surface area (Å²) in [6, 6.07) is 0. The fourth-order valence-electron chi connectivity index (χ4n) is 3.03. The predicted molar refractivity (Wildman–Crippen MR) is 86.7 cm³/mol. The molecule has 0 aliphatic carbocycles. The number of carboxylic acid groups (broad SMARTS) is 1. The van der Waals surface area contributed by atoms with Crippen molar-refractivity contribution in [3.8, 4) is 0 Å². The van der Waals surface area contributed by atoms with Crippen molar-refractivity contribution in [2.75, 3.05) is 45.8 Å². The third kappa shape index (κ3) is 6.32. The second kappa shape index (κ2) is 8.71. The number of carboxylic acids is 1. The van der Waals surface area contributed by atoms with Crippen molar-refractivity contribution in [3.05, 3.63) is 0 Å². The minimum absolute atomic E-state index is 0.683. The number of rotatable bonds is 9. The molecule has 1 rings (SSSR count). The van der Waals surface area contributed by atoms with Crippen molar-refractivity contribution in [2.45, 2.75) is 46.1 Å². The molecule has 1 saturated heterocycles. The van der Waals surface area contributed by atoms with E-state index in [0.717, 1.165) is 45.1 Å². The molecular weight excluding hydrogens is 266 g/mol.